The Morgan fingerprint density at radius 1 is 1.33 bits per heavy atom. The van der Waals surface area contributed by atoms with Crippen molar-refractivity contribution >= 4 is 5.91 Å². The minimum atomic E-state index is -0.537. The summed E-state index contributed by atoms with van der Waals surface area (Å²) in [5.74, 6) is 1.13. The number of ether oxygens (including phenoxy) is 1. The molecule has 0 unspecified atom stereocenters. The standard InChI is InChI=1S/C17H20FN3O3/c1-12-19-16(21-24-12)17(9-2-3-10-17)20-15(22)8-11-23-14-6-4-13(18)5-7-14/h4-7H,2-3,8-11H2,1H3,(H,20,22). The first-order valence-electron chi connectivity index (χ1n) is 8.08. The molecule has 1 heterocycles. The number of nitrogens with one attached hydrogen (secondary N) is 1. The number of benzene rings is 1. The van der Waals surface area contributed by atoms with E-state index in [0.717, 1.165) is 25.7 Å². The molecule has 1 aromatic carbocycles. The second kappa shape index (κ2) is 6.98. The summed E-state index contributed by atoms with van der Waals surface area (Å²) in [6.07, 6.45) is 3.84. The van der Waals surface area contributed by atoms with E-state index < -0.39 is 5.54 Å². The molecule has 6 nitrogen and oxygen atoms in total. The van der Waals surface area contributed by atoms with Crippen molar-refractivity contribution in [1.29, 1.82) is 0 Å². The molecule has 0 saturated heterocycles. The van der Waals surface area contributed by atoms with Gasteiger partial charge in [0.05, 0.1) is 13.0 Å². The largest absolute Gasteiger partial charge is 0.493 e. The third-order valence-corrected chi connectivity index (χ3v) is 4.20. The molecule has 1 aromatic heterocycles. The lowest BCUT2D eigenvalue weighted by Gasteiger charge is -2.26. The summed E-state index contributed by atoms with van der Waals surface area (Å²) in [7, 11) is 0. The Morgan fingerprint density at radius 3 is 2.67 bits per heavy atom. The minimum Gasteiger partial charge on any atom is -0.493 e. The van der Waals surface area contributed by atoms with Gasteiger partial charge in [-0.1, -0.05) is 18.0 Å². The molecule has 1 saturated carbocycles. The fraction of sp³-hybridized carbons (Fsp3) is 0.471. The van der Waals surface area contributed by atoms with Gasteiger partial charge in [0.1, 0.15) is 17.1 Å². The molecule has 7 heteroatoms. The highest BCUT2D eigenvalue weighted by atomic mass is 19.1. The molecule has 0 radical (unpaired) electrons. The zero-order valence-corrected chi connectivity index (χ0v) is 13.5. The lowest BCUT2D eigenvalue weighted by atomic mass is 9.96. The number of aromatic nitrogens is 2. The molecule has 3 rings (SSSR count). The van der Waals surface area contributed by atoms with Crippen molar-refractivity contribution in [3.8, 4) is 5.75 Å². The van der Waals surface area contributed by atoms with E-state index in [0.29, 0.717) is 17.5 Å². The molecule has 0 atom stereocenters. The zero-order valence-electron chi connectivity index (χ0n) is 13.5. The molecular weight excluding hydrogens is 313 g/mol. The molecule has 1 aliphatic carbocycles. The molecule has 1 fully saturated rings. The highest BCUT2D eigenvalue weighted by Gasteiger charge is 2.41. The Hall–Kier alpha value is -2.44. The first-order valence-corrected chi connectivity index (χ1v) is 8.08. The second-order valence-electron chi connectivity index (χ2n) is 6.03. The summed E-state index contributed by atoms with van der Waals surface area (Å²) in [6.45, 7) is 1.95. The summed E-state index contributed by atoms with van der Waals surface area (Å²) in [5, 5.41) is 7.04. The normalized spacial score (nSPS) is 16.1. The van der Waals surface area contributed by atoms with Crippen LogP contribution in [0, 0.1) is 12.7 Å². The molecule has 0 aliphatic heterocycles. The molecule has 0 bridgehead atoms. The van der Waals surface area contributed by atoms with Crippen LogP contribution in [0.2, 0.25) is 0 Å². The number of carbonyl (C=O) groups excluding carboxylic acids is 1. The Kier molecular flexibility index (Phi) is 4.78. The molecule has 1 amide bonds. The summed E-state index contributed by atoms with van der Waals surface area (Å²) in [4.78, 5) is 16.6. The van der Waals surface area contributed by atoms with Crippen molar-refractivity contribution in [2.45, 2.75) is 44.6 Å². The van der Waals surface area contributed by atoms with Crippen molar-refractivity contribution in [2.24, 2.45) is 0 Å². The number of amides is 1. The van der Waals surface area contributed by atoms with Crippen LogP contribution in [-0.4, -0.2) is 22.7 Å². The maximum atomic E-state index is 12.8. The van der Waals surface area contributed by atoms with E-state index in [1.807, 2.05) is 0 Å². The minimum absolute atomic E-state index is 0.124. The Balaban J connectivity index is 1.55. The van der Waals surface area contributed by atoms with Crippen LogP contribution in [0.4, 0.5) is 4.39 Å². The summed E-state index contributed by atoms with van der Waals surface area (Å²) < 4.78 is 23.4. The highest BCUT2D eigenvalue weighted by Crippen LogP contribution is 2.37. The van der Waals surface area contributed by atoms with Crippen LogP contribution in [0.25, 0.3) is 0 Å². The van der Waals surface area contributed by atoms with Gasteiger partial charge in [-0.2, -0.15) is 4.98 Å². The fourth-order valence-electron chi connectivity index (χ4n) is 3.00. The molecule has 1 N–H and O–H groups in total. The van der Waals surface area contributed by atoms with E-state index in [9.17, 15) is 9.18 Å². The number of nitrogens with zero attached hydrogens (tertiary/aromatic N) is 2. The fourth-order valence-corrected chi connectivity index (χ4v) is 3.00. The van der Waals surface area contributed by atoms with Crippen LogP contribution in [0.15, 0.2) is 28.8 Å². The predicted octanol–water partition coefficient (Wildman–Crippen LogP) is 2.87. The lowest BCUT2D eigenvalue weighted by molar-refractivity contribution is -0.123. The van der Waals surface area contributed by atoms with Gasteiger partial charge >= 0.3 is 0 Å². The van der Waals surface area contributed by atoms with Gasteiger partial charge < -0.3 is 14.6 Å². The third kappa shape index (κ3) is 3.72. The molecule has 1 aliphatic rings. The average Bonchev–Trinajstić information content (AvgIpc) is 3.19. The van der Waals surface area contributed by atoms with Crippen LogP contribution in [0.1, 0.15) is 43.8 Å². The Labute approximate surface area is 139 Å². The van der Waals surface area contributed by atoms with Crippen LogP contribution in [-0.2, 0) is 10.3 Å². The summed E-state index contributed by atoms with van der Waals surface area (Å²) in [6, 6.07) is 5.71. The highest BCUT2D eigenvalue weighted by molar-refractivity contribution is 5.77. The van der Waals surface area contributed by atoms with E-state index in [1.165, 1.54) is 24.3 Å². The van der Waals surface area contributed by atoms with Crippen molar-refractivity contribution in [3.63, 3.8) is 0 Å². The van der Waals surface area contributed by atoms with Crippen molar-refractivity contribution in [2.75, 3.05) is 6.61 Å². The average molecular weight is 333 g/mol. The van der Waals surface area contributed by atoms with Gasteiger partial charge in [-0.05, 0) is 37.1 Å². The van der Waals surface area contributed by atoms with Crippen molar-refractivity contribution in [1.82, 2.24) is 15.5 Å². The smallest absolute Gasteiger partial charge is 0.224 e. The topological polar surface area (TPSA) is 77.2 Å². The van der Waals surface area contributed by atoms with Gasteiger partial charge in [0.2, 0.25) is 11.8 Å². The lowest BCUT2D eigenvalue weighted by Crippen LogP contribution is -2.45. The van der Waals surface area contributed by atoms with Crippen molar-refractivity contribution < 1.29 is 18.4 Å². The maximum Gasteiger partial charge on any atom is 0.224 e. The van der Waals surface area contributed by atoms with E-state index in [2.05, 4.69) is 15.5 Å². The number of rotatable bonds is 6. The van der Waals surface area contributed by atoms with Gasteiger partial charge in [0.25, 0.3) is 0 Å². The first-order chi connectivity index (χ1) is 11.6. The van der Waals surface area contributed by atoms with Crippen molar-refractivity contribution in [3.05, 3.63) is 41.8 Å². The van der Waals surface area contributed by atoms with E-state index in [-0.39, 0.29) is 24.8 Å². The quantitative estimate of drug-likeness (QED) is 0.879. The van der Waals surface area contributed by atoms with Gasteiger partial charge in [0, 0.05) is 6.92 Å². The number of aryl methyl sites for hydroxylation is 1. The third-order valence-electron chi connectivity index (χ3n) is 4.20. The Morgan fingerprint density at radius 2 is 2.04 bits per heavy atom. The van der Waals surface area contributed by atoms with Gasteiger partial charge in [-0.3, -0.25) is 4.79 Å². The van der Waals surface area contributed by atoms with Gasteiger partial charge in [0.15, 0.2) is 5.82 Å². The van der Waals surface area contributed by atoms with E-state index >= 15 is 0 Å². The molecule has 0 spiro atoms. The van der Waals surface area contributed by atoms with E-state index in [1.54, 1.807) is 6.92 Å². The monoisotopic (exact) mass is 333 g/mol. The van der Waals surface area contributed by atoms with Gasteiger partial charge in [-0.25, -0.2) is 4.39 Å². The predicted molar refractivity (Wildman–Crippen MR) is 83.8 cm³/mol. The first kappa shape index (κ1) is 16.4. The van der Waals surface area contributed by atoms with E-state index in [4.69, 9.17) is 9.26 Å². The summed E-state index contributed by atoms with van der Waals surface area (Å²) in [5.41, 5.74) is -0.537. The van der Waals surface area contributed by atoms with Crippen LogP contribution in [0.5, 0.6) is 5.75 Å². The number of carbonyl (C=O) groups is 1. The molecule has 2 aromatic rings. The zero-order chi connectivity index (χ0) is 17.0. The van der Waals surface area contributed by atoms with Crippen LogP contribution in [0.3, 0.4) is 0 Å². The molecular formula is C17H20FN3O3. The molecule has 128 valence electrons. The van der Waals surface area contributed by atoms with Crippen LogP contribution >= 0.6 is 0 Å². The van der Waals surface area contributed by atoms with Crippen LogP contribution < -0.4 is 10.1 Å². The van der Waals surface area contributed by atoms with Gasteiger partial charge in [-0.15, -0.1) is 0 Å². The Bertz CT molecular complexity index is 693. The summed E-state index contributed by atoms with van der Waals surface area (Å²) >= 11 is 0. The second-order valence-corrected chi connectivity index (χ2v) is 6.03. The molecule has 24 heavy (non-hydrogen) atoms. The number of halogens is 1. The SMILES string of the molecule is Cc1nc(C2(NC(=O)CCOc3ccc(F)cc3)CCCC2)no1. The number of hydrogen-bond donors (Lipinski definition) is 1. The maximum absolute atomic E-state index is 12.8. The number of hydrogen-bond acceptors (Lipinski definition) is 5.